The predicted octanol–water partition coefficient (Wildman–Crippen LogP) is 0.260. The van der Waals surface area contributed by atoms with Crippen LogP contribution in [0.2, 0.25) is 0 Å². The summed E-state index contributed by atoms with van der Waals surface area (Å²) < 4.78 is 1.45. The fourth-order valence-corrected chi connectivity index (χ4v) is 1.56. The number of Topliss-reactive ketones (excluding diaryl/α,β-unsaturated/α-hetero) is 1. The van der Waals surface area contributed by atoms with Crippen LogP contribution in [0.3, 0.4) is 0 Å². The highest BCUT2D eigenvalue weighted by atomic mass is 16.4. The van der Waals surface area contributed by atoms with Gasteiger partial charge in [0.1, 0.15) is 6.20 Å². The van der Waals surface area contributed by atoms with Gasteiger partial charge >= 0.3 is 5.97 Å². The zero-order valence-electron chi connectivity index (χ0n) is 10.6. The molecular formula is C13H13N4O3+. The molecule has 0 saturated heterocycles. The van der Waals surface area contributed by atoms with Crippen molar-refractivity contribution in [3.8, 4) is 11.4 Å². The van der Waals surface area contributed by atoms with Crippen molar-refractivity contribution in [3.05, 3.63) is 36.9 Å². The summed E-state index contributed by atoms with van der Waals surface area (Å²) in [5.41, 5.74) is 0.750. The van der Waals surface area contributed by atoms with Crippen LogP contribution in [0.15, 0.2) is 36.9 Å². The van der Waals surface area contributed by atoms with E-state index in [-0.39, 0.29) is 25.2 Å². The van der Waals surface area contributed by atoms with E-state index in [1.54, 1.807) is 36.9 Å². The van der Waals surface area contributed by atoms with E-state index in [0.29, 0.717) is 5.82 Å². The van der Waals surface area contributed by atoms with E-state index in [2.05, 4.69) is 15.1 Å². The predicted molar refractivity (Wildman–Crippen MR) is 67.3 cm³/mol. The standard InChI is InChI=1S/C13H12N4O3/c18-11(2-3-12(19)20)9-17-7-4-10(8-16-17)13-14-5-1-6-15-13/h1,4-8H,2-3,9H2/p+1. The average molecular weight is 273 g/mol. The topological polar surface area (TPSA) is 96.9 Å². The number of hydrogen-bond donors (Lipinski definition) is 1. The van der Waals surface area contributed by atoms with E-state index in [1.807, 2.05) is 0 Å². The molecule has 0 spiro atoms. The second kappa shape index (κ2) is 6.46. The Kier molecular flexibility index (Phi) is 4.43. The molecule has 2 aromatic heterocycles. The molecule has 0 aromatic carbocycles. The van der Waals surface area contributed by atoms with Crippen molar-refractivity contribution in [1.82, 2.24) is 15.1 Å². The first-order valence-corrected chi connectivity index (χ1v) is 6.02. The number of aliphatic carboxylic acids is 1. The molecule has 2 rings (SSSR count). The van der Waals surface area contributed by atoms with E-state index in [9.17, 15) is 9.59 Å². The van der Waals surface area contributed by atoms with Crippen LogP contribution in [-0.2, 0) is 16.1 Å². The zero-order valence-corrected chi connectivity index (χ0v) is 10.6. The van der Waals surface area contributed by atoms with Crippen molar-refractivity contribution in [2.45, 2.75) is 19.4 Å². The Morgan fingerprint density at radius 2 is 1.95 bits per heavy atom. The van der Waals surface area contributed by atoms with E-state index in [0.717, 1.165) is 5.56 Å². The fourth-order valence-electron chi connectivity index (χ4n) is 1.56. The molecule has 0 radical (unpaired) electrons. The molecule has 0 aliphatic carbocycles. The third-order valence-corrected chi connectivity index (χ3v) is 2.55. The molecule has 20 heavy (non-hydrogen) atoms. The molecule has 0 saturated carbocycles. The average Bonchev–Trinajstić information content (AvgIpc) is 2.47. The Hall–Kier alpha value is -2.70. The Morgan fingerprint density at radius 3 is 2.55 bits per heavy atom. The van der Waals surface area contributed by atoms with Crippen LogP contribution in [-0.4, -0.2) is 31.9 Å². The van der Waals surface area contributed by atoms with Gasteiger partial charge in [0.25, 0.3) is 0 Å². The maximum Gasteiger partial charge on any atom is 0.303 e. The van der Waals surface area contributed by atoms with E-state index in [1.165, 1.54) is 4.68 Å². The van der Waals surface area contributed by atoms with Gasteiger partial charge in [-0.1, -0.05) is 4.68 Å². The van der Waals surface area contributed by atoms with Crippen LogP contribution in [0.1, 0.15) is 12.8 Å². The van der Waals surface area contributed by atoms with Gasteiger partial charge in [-0.2, -0.15) is 0 Å². The smallest absolute Gasteiger partial charge is 0.303 e. The number of hydrogen-bond acceptors (Lipinski definition) is 5. The number of ketones is 1. The van der Waals surface area contributed by atoms with Crippen LogP contribution in [0.4, 0.5) is 0 Å². The lowest BCUT2D eigenvalue weighted by Crippen LogP contribution is -2.41. The molecule has 0 aliphatic rings. The molecule has 0 fully saturated rings. The lowest BCUT2D eigenvalue weighted by atomic mass is 10.2. The van der Waals surface area contributed by atoms with Gasteiger partial charge in [-0.25, -0.2) is 9.97 Å². The van der Waals surface area contributed by atoms with Gasteiger partial charge in [-0.15, -0.1) is 0 Å². The Balaban J connectivity index is 1.98. The maximum atomic E-state index is 11.5. The molecule has 2 heterocycles. The summed E-state index contributed by atoms with van der Waals surface area (Å²) in [6.07, 6.45) is 6.34. The van der Waals surface area contributed by atoms with Gasteiger partial charge in [0, 0.05) is 30.4 Å². The molecule has 7 heteroatoms. The van der Waals surface area contributed by atoms with Gasteiger partial charge in [-0.3, -0.25) is 9.59 Å². The van der Waals surface area contributed by atoms with Crippen LogP contribution in [0.25, 0.3) is 11.4 Å². The lowest BCUT2D eigenvalue weighted by molar-refractivity contribution is -0.742. The number of carbonyl (C=O) groups is 2. The minimum absolute atomic E-state index is 0.00750. The van der Waals surface area contributed by atoms with E-state index in [4.69, 9.17) is 5.11 Å². The Bertz CT molecular complexity index is 599. The minimum Gasteiger partial charge on any atom is -0.481 e. The maximum absolute atomic E-state index is 11.5. The summed E-state index contributed by atoms with van der Waals surface area (Å²) in [7, 11) is 0. The largest absolute Gasteiger partial charge is 0.481 e. The number of rotatable bonds is 6. The van der Waals surface area contributed by atoms with Crippen LogP contribution in [0, 0.1) is 0 Å². The number of carboxylic acid groups (broad SMARTS) is 1. The van der Waals surface area contributed by atoms with Crippen LogP contribution >= 0.6 is 0 Å². The first-order valence-electron chi connectivity index (χ1n) is 6.02. The molecule has 0 unspecified atom stereocenters. The van der Waals surface area contributed by atoms with Crippen molar-refractivity contribution < 1.29 is 19.4 Å². The number of nitrogens with zero attached hydrogens (tertiary/aromatic N) is 4. The summed E-state index contributed by atoms with van der Waals surface area (Å²) in [6, 6.07) is 3.48. The number of carboxylic acids is 1. The quantitative estimate of drug-likeness (QED) is 0.758. The molecule has 0 aliphatic heterocycles. The second-order valence-electron chi connectivity index (χ2n) is 4.12. The molecule has 0 bridgehead atoms. The molecule has 102 valence electrons. The highest BCUT2D eigenvalue weighted by molar-refractivity contribution is 5.81. The van der Waals surface area contributed by atoms with Crippen molar-refractivity contribution in [1.29, 1.82) is 0 Å². The first kappa shape index (κ1) is 13.7. The zero-order chi connectivity index (χ0) is 14.4. The van der Waals surface area contributed by atoms with Crippen molar-refractivity contribution >= 4 is 11.8 Å². The fraction of sp³-hybridized carbons (Fsp3) is 0.231. The summed E-state index contributed by atoms with van der Waals surface area (Å²) >= 11 is 0. The van der Waals surface area contributed by atoms with Gasteiger partial charge in [-0.05, 0) is 11.2 Å². The van der Waals surface area contributed by atoms with Gasteiger partial charge in [0.15, 0.2) is 12.0 Å². The van der Waals surface area contributed by atoms with Crippen molar-refractivity contribution in [2.24, 2.45) is 0 Å². The number of carbonyl (C=O) groups excluding carboxylic acids is 1. The van der Waals surface area contributed by atoms with Gasteiger partial charge in [0.2, 0.25) is 12.3 Å². The first-order chi connectivity index (χ1) is 9.65. The molecule has 7 nitrogen and oxygen atoms in total. The second-order valence-corrected chi connectivity index (χ2v) is 4.12. The van der Waals surface area contributed by atoms with Crippen molar-refractivity contribution in [2.75, 3.05) is 0 Å². The normalized spacial score (nSPS) is 10.2. The summed E-state index contributed by atoms with van der Waals surface area (Å²) in [5.74, 6) is -0.592. The monoisotopic (exact) mass is 273 g/mol. The summed E-state index contributed by atoms with van der Waals surface area (Å²) in [4.78, 5) is 30.1. The Morgan fingerprint density at radius 1 is 1.20 bits per heavy atom. The highest BCUT2D eigenvalue weighted by Crippen LogP contribution is 2.09. The van der Waals surface area contributed by atoms with Crippen molar-refractivity contribution in [3.63, 3.8) is 0 Å². The molecule has 0 atom stereocenters. The van der Waals surface area contributed by atoms with Crippen LogP contribution < -0.4 is 4.68 Å². The van der Waals surface area contributed by atoms with Gasteiger partial charge < -0.3 is 5.11 Å². The number of aromatic nitrogens is 4. The third kappa shape index (κ3) is 3.91. The third-order valence-electron chi connectivity index (χ3n) is 2.55. The highest BCUT2D eigenvalue weighted by Gasteiger charge is 2.13. The molecule has 1 N–H and O–H groups in total. The Labute approximate surface area is 114 Å². The van der Waals surface area contributed by atoms with E-state index >= 15 is 0 Å². The summed E-state index contributed by atoms with van der Waals surface area (Å²) in [6.45, 7) is 0.0587. The summed E-state index contributed by atoms with van der Waals surface area (Å²) in [5, 5.41) is 12.6. The molecule has 0 amide bonds. The van der Waals surface area contributed by atoms with E-state index < -0.39 is 5.97 Å². The SMILES string of the molecule is O=C(O)CCC(=O)C[n+]1ccc(-c2ncccn2)cn1. The molecular weight excluding hydrogens is 260 g/mol. The van der Waals surface area contributed by atoms with Gasteiger partial charge in [0.05, 0.1) is 6.42 Å². The molecule has 2 aromatic rings. The van der Waals surface area contributed by atoms with Crippen LogP contribution in [0.5, 0.6) is 0 Å². The lowest BCUT2D eigenvalue weighted by Gasteiger charge is -1.97. The minimum atomic E-state index is -0.979.